The molecule has 6 rings (SSSR count). The molecule has 0 fully saturated rings. The number of aromatic nitrogens is 5. The summed E-state index contributed by atoms with van der Waals surface area (Å²) >= 11 is 7.70. The van der Waals surface area contributed by atoms with E-state index in [4.69, 9.17) is 31.4 Å². The number of thioether (sulfide) groups is 1. The van der Waals surface area contributed by atoms with Crippen LogP contribution >= 0.6 is 23.4 Å². The average Bonchev–Trinajstić information content (AvgIpc) is 3.30. The van der Waals surface area contributed by atoms with E-state index in [0.29, 0.717) is 38.3 Å². The van der Waals surface area contributed by atoms with Gasteiger partial charge >= 0.3 is 6.01 Å². The van der Waals surface area contributed by atoms with Crippen molar-refractivity contribution in [2.24, 2.45) is 0 Å². The van der Waals surface area contributed by atoms with E-state index in [-0.39, 0.29) is 22.3 Å². The van der Waals surface area contributed by atoms with Crippen LogP contribution < -0.4 is 10.3 Å². The molecule has 0 aliphatic carbocycles. The van der Waals surface area contributed by atoms with Crippen molar-refractivity contribution < 1.29 is 9.13 Å². The first-order valence-corrected chi connectivity index (χ1v) is 13.2. The van der Waals surface area contributed by atoms with Gasteiger partial charge in [-0.25, -0.2) is 18.6 Å². The number of fused-ring (bicyclic) bond motifs is 3. The van der Waals surface area contributed by atoms with Gasteiger partial charge in [0.2, 0.25) is 0 Å². The Hall–Kier alpha value is -4.21. The van der Waals surface area contributed by atoms with Crippen LogP contribution in [0.15, 0.2) is 88.7 Å². The quantitative estimate of drug-likeness (QED) is 0.224. The zero-order valence-corrected chi connectivity index (χ0v) is 21.8. The van der Waals surface area contributed by atoms with Crippen LogP contribution in [0.5, 0.6) is 11.8 Å². The summed E-state index contributed by atoms with van der Waals surface area (Å²) in [7, 11) is 0. The van der Waals surface area contributed by atoms with Gasteiger partial charge in [-0.15, -0.1) is 11.8 Å². The summed E-state index contributed by atoms with van der Waals surface area (Å²) in [5.74, 6) is -0.341. The average molecular weight is 544 g/mol. The molecule has 0 bridgehead atoms. The van der Waals surface area contributed by atoms with Crippen molar-refractivity contribution in [3.05, 3.63) is 106 Å². The van der Waals surface area contributed by atoms with Crippen molar-refractivity contribution in [2.75, 3.05) is 6.26 Å². The highest BCUT2D eigenvalue weighted by Crippen LogP contribution is 2.35. The van der Waals surface area contributed by atoms with Crippen molar-refractivity contribution in [1.29, 1.82) is 0 Å². The number of nitrogens with zero attached hydrogens (tertiary/aromatic N) is 5. The number of para-hydroxylation sites is 2. The van der Waals surface area contributed by atoms with Gasteiger partial charge in [0.05, 0.1) is 38.4 Å². The van der Waals surface area contributed by atoms with Crippen molar-refractivity contribution in [3.63, 3.8) is 0 Å². The Labute approximate surface area is 225 Å². The molecule has 7 nitrogen and oxygen atoms in total. The Balaban J connectivity index is 1.71. The molecule has 0 atom stereocenters. The van der Waals surface area contributed by atoms with Gasteiger partial charge in [-0.2, -0.15) is 10.1 Å². The minimum Gasteiger partial charge on any atom is -0.424 e. The van der Waals surface area contributed by atoms with Gasteiger partial charge < -0.3 is 4.74 Å². The molecule has 3 aromatic heterocycles. The van der Waals surface area contributed by atoms with E-state index < -0.39 is 5.82 Å². The number of halogens is 2. The molecule has 3 aromatic carbocycles. The molecule has 0 aliphatic rings. The van der Waals surface area contributed by atoms with Gasteiger partial charge in [0, 0.05) is 0 Å². The van der Waals surface area contributed by atoms with Gasteiger partial charge in [-0.3, -0.25) is 4.79 Å². The lowest BCUT2D eigenvalue weighted by Crippen LogP contribution is -2.22. The van der Waals surface area contributed by atoms with E-state index in [0.717, 1.165) is 11.8 Å². The Morgan fingerprint density at radius 1 is 0.921 bits per heavy atom. The highest BCUT2D eigenvalue weighted by Gasteiger charge is 2.24. The largest absolute Gasteiger partial charge is 0.424 e. The summed E-state index contributed by atoms with van der Waals surface area (Å²) in [6, 6.07) is 22.4. The van der Waals surface area contributed by atoms with Crippen LogP contribution in [-0.4, -0.2) is 30.6 Å². The van der Waals surface area contributed by atoms with Crippen molar-refractivity contribution >= 4 is 45.3 Å². The fraction of sp³-hybridized carbons (Fsp3) is 0.0714. The maximum Gasteiger partial charge on any atom is 0.310 e. The predicted molar refractivity (Wildman–Crippen MR) is 148 cm³/mol. The summed E-state index contributed by atoms with van der Waals surface area (Å²) in [6.07, 6.45) is 1.91. The number of benzene rings is 3. The molecule has 0 saturated carbocycles. The van der Waals surface area contributed by atoms with E-state index >= 15 is 0 Å². The fourth-order valence-corrected chi connectivity index (χ4v) is 5.11. The van der Waals surface area contributed by atoms with Gasteiger partial charge in [0.15, 0.2) is 5.65 Å². The molecular weight excluding hydrogens is 525 g/mol. The second kappa shape index (κ2) is 9.59. The molecule has 0 N–H and O–H groups in total. The third-order valence-corrected chi connectivity index (χ3v) is 7.03. The van der Waals surface area contributed by atoms with E-state index in [1.807, 2.05) is 54.8 Å². The zero-order valence-electron chi connectivity index (χ0n) is 20.2. The van der Waals surface area contributed by atoms with Crippen molar-refractivity contribution in [3.8, 4) is 23.1 Å². The van der Waals surface area contributed by atoms with Crippen LogP contribution in [0.1, 0.15) is 5.69 Å². The fourth-order valence-electron chi connectivity index (χ4n) is 4.35. The lowest BCUT2D eigenvalue weighted by molar-refractivity contribution is 0.426. The van der Waals surface area contributed by atoms with Crippen LogP contribution in [0.2, 0.25) is 5.02 Å². The standard InChI is InChI=1S/C28H19ClFN5O2S/c1-16-22-24(23-25(31-16)35(33-26(23)38-2)19-11-7-4-8-12-19)32-28(37-21-14-13-17(30)15-20(21)29)34(27(22)36)18-9-5-3-6-10-18/h3-15H,1-2H3. The smallest absolute Gasteiger partial charge is 0.310 e. The normalized spacial score (nSPS) is 11.4. The van der Waals surface area contributed by atoms with Crippen LogP contribution in [0, 0.1) is 12.7 Å². The lowest BCUT2D eigenvalue weighted by atomic mass is 10.2. The van der Waals surface area contributed by atoms with Crippen LogP contribution in [0.25, 0.3) is 33.3 Å². The van der Waals surface area contributed by atoms with Gasteiger partial charge in [0.1, 0.15) is 16.6 Å². The van der Waals surface area contributed by atoms with E-state index in [1.54, 1.807) is 23.7 Å². The maximum atomic E-state index is 14.1. The number of hydrogen-bond acceptors (Lipinski definition) is 6. The monoisotopic (exact) mass is 543 g/mol. The SMILES string of the molecule is CSc1nn(-c2ccccc2)c2nc(C)c3c(=O)n(-c4ccccc4)c(Oc4ccc(F)cc4Cl)nc3c12. The van der Waals surface area contributed by atoms with Crippen LogP contribution in [0.3, 0.4) is 0 Å². The molecule has 3 heterocycles. The Morgan fingerprint density at radius 3 is 2.26 bits per heavy atom. The van der Waals surface area contributed by atoms with Crippen molar-refractivity contribution in [1.82, 2.24) is 24.3 Å². The van der Waals surface area contributed by atoms with Crippen LogP contribution in [-0.2, 0) is 0 Å². The number of rotatable bonds is 5. The number of ether oxygens (including phenoxy) is 1. The third kappa shape index (κ3) is 4.00. The first-order chi connectivity index (χ1) is 18.5. The summed E-state index contributed by atoms with van der Waals surface area (Å²) < 4.78 is 22.9. The second-order valence-electron chi connectivity index (χ2n) is 8.42. The molecule has 0 saturated heterocycles. The molecule has 0 spiro atoms. The first kappa shape index (κ1) is 24.1. The molecule has 38 heavy (non-hydrogen) atoms. The van der Waals surface area contributed by atoms with Gasteiger partial charge in [-0.05, 0) is 55.6 Å². The third-order valence-electron chi connectivity index (χ3n) is 6.06. The molecule has 188 valence electrons. The Morgan fingerprint density at radius 2 is 1.61 bits per heavy atom. The molecule has 0 radical (unpaired) electrons. The van der Waals surface area contributed by atoms with Gasteiger partial charge in [0.25, 0.3) is 5.56 Å². The minimum atomic E-state index is -0.504. The summed E-state index contributed by atoms with van der Waals surface area (Å²) in [4.78, 5) is 23.8. The number of aryl methyl sites for hydroxylation is 1. The lowest BCUT2D eigenvalue weighted by Gasteiger charge is -2.15. The second-order valence-corrected chi connectivity index (χ2v) is 9.63. The van der Waals surface area contributed by atoms with E-state index in [2.05, 4.69) is 0 Å². The molecule has 0 amide bonds. The zero-order chi connectivity index (χ0) is 26.4. The van der Waals surface area contributed by atoms with E-state index in [1.165, 1.54) is 28.5 Å². The number of pyridine rings is 1. The molecule has 0 aliphatic heterocycles. The Kier molecular flexibility index (Phi) is 6.09. The summed E-state index contributed by atoms with van der Waals surface area (Å²) in [5.41, 5.74) is 2.50. The maximum absolute atomic E-state index is 14.1. The first-order valence-electron chi connectivity index (χ1n) is 11.6. The molecule has 0 unspecified atom stereocenters. The highest BCUT2D eigenvalue weighted by atomic mass is 35.5. The van der Waals surface area contributed by atoms with E-state index in [9.17, 15) is 9.18 Å². The molecular formula is C28H19ClFN5O2S. The predicted octanol–water partition coefficient (Wildman–Crippen LogP) is 6.73. The van der Waals surface area contributed by atoms with Crippen molar-refractivity contribution in [2.45, 2.75) is 11.9 Å². The molecule has 6 aromatic rings. The molecule has 10 heteroatoms. The minimum absolute atomic E-state index is 0.0198. The number of hydrogen-bond donors (Lipinski definition) is 0. The Bertz CT molecular complexity index is 1890. The topological polar surface area (TPSA) is 74.8 Å². The summed E-state index contributed by atoms with van der Waals surface area (Å²) in [6.45, 7) is 1.78. The highest BCUT2D eigenvalue weighted by molar-refractivity contribution is 7.98. The van der Waals surface area contributed by atoms with Gasteiger partial charge in [-0.1, -0.05) is 48.0 Å². The summed E-state index contributed by atoms with van der Waals surface area (Å²) in [5, 5.41) is 6.48. The van der Waals surface area contributed by atoms with Crippen LogP contribution in [0.4, 0.5) is 4.39 Å².